The van der Waals surface area contributed by atoms with E-state index in [4.69, 9.17) is 0 Å². The Labute approximate surface area is 122 Å². The van der Waals surface area contributed by atoms with E-state index in [1.54, 1.807) is 32.3 Å². The van der Waals surface area contributed by atoms with Crippen molar-refractivity contribution < 1.29 is 8.42 Å². The van der Waals surface area contributed by atoms with E-state index in [1.807, 2.05) is 6.07 Å². The van der Waals surface area contributed by atoms with Gasteiger partial charge in [-0.1, -0.05) is 31.4 Å². The average Bonchev–Trinajstić information content (AvgIpc) is 2.48. The Balaban J connectivity index is 2.16. The number of hydrogen-bond donors (Lipinski definition) is 1. The summed E-state index contributed by atoms with van der Waals surface area (Å²) in [6.07, 6.45) is 6.04. The topological polar surface area (TPSA) is 49.4 Å². The van der Waals surface area contributed by atoms with E-state index < -0.39 is 10.0 Å². The number of sulfonamides is 1. The van der Waals surface area contributed by atoms with Crippen LogP contribution >= 0.6 is 0 Å². The van der Waals surface area contributed by atoms with Gasteiger partial charge >= 0.3 is 0 Å². The molecule has 1 aromatic carbocycles. The Morgan fingerprint density at radius 2 is 1.85 bits per heavy atom. The first-order chi connectivity index (χ1) is 9.55. The number of nitrogens with one attached hydrogen (secondary N) is 1. The maximum absolute atomic E-state index is 12.7. The number of para-hydroxylation sites is 1. The second-order valence-corrected chi connectivity index (χ2v) is 7.55. The van der Waals surface area contributed by atoms with Gasteiger partial charge in [0.2, 0.25) is 10.0 Å². The molecule has 20 heavy (non-hydrogen) atoms. The molecule has 0 amide bonds. The number of rotatable bonds is 5. The van der Waals surface area contributed by atoms with Crippen molar-refractivity contribution in [2.45, 2.75) is 37.0 Å². The zero-order valence-corrected chi connectivity index (χ0v) is 13.1. The standard InChI is InChI=1S/C15H24N2O2S/c1-16-14-10-6-7-11-15(14)20(18,19)17(2)12-13-8-4-3-5-9-13/h6-7,10-11,13,16H,3-5,8-9,12H2,1-2H3. The molecular weight excluding hydrogens is 272 g/mol. The normalized spacial score (nSPS) is 17.4. The van der Waals surface area contributed by atoms with Crippen LogP contribution in [-0.4, -0.2) is 33.4 Å². The molecule has 5 heteroatoms. The van der Waals surface area contributed by atoms with E-state index in [-0.39, 0.29) is 0 Å². The third-order valence-corrected chi connectivity index (χ3v) is 5.97. The third-order valence-electron chi connectivity index (χ3n) is 4.08. The molecule has 1 saturated carbocycles. The number of benzene rings is 1. The maximum Gasteiger partial charge on any atom is 0.244 e. The molecule has 4 nitrogen and oxygen atoms in total. The SMILES string of the molecule is CNc1ccccc1S(=O)(=O)N(C)CC1CCCCC1. The van der Waals surface area contributed by atoms with Crippen molar-refractivity contribution in [1.29, 1.82) is 0 Å². The van der Waals surface area contributed by atoms with Crippen molar-refractivity contribution >= 4 is 15.7 Å². The van der Waals surface area contributed by atoms with Crippen LogP contribution in [0.2, 0.25) is 0 Å². The van der Waals surface area contributed by atoms with Crippen LogP contribution in [0.25, 0.3) is 0 Å². The Bertz CT molecular complexity index is 537. The Morgan fingerprint density at radius 3 is 2.50 bits per heavy atom. The molecule has 1 aliphatic rings. The Kier molecular flexibility index (Phi) is 5.05. The molecule has 0 heterocycles. The average molecular weight is 296 g/mol. The summed E-state index contributed by atoms with van der Waals surface area (Å²) in [6.45, 7) is 0.625. The molecule has 2 rings (SSSR count). The van der Waals surface area contributed by atoms with Crippen molar-refractivity contribution in [3.8, 4) is 0 Å². The first-order valence-electron chi connectivity index (χ1n) is 7.29. The summed E-state index contributed by atoms with van der Waals surface area (Å²) in [5.41, 5.74) is 0.656. The van der Waals surface area contributed by atoms with E-state index in [1.165, 1.54) is 23.6 Å². The lowest BCUT2D eigenvalue weighted by atomic mass is 9.89. The van der Waals surface area contributed by atoms with Crippen LogP contribution in [0.15, 0.2) is 29.2 Å². The van der Waals surface area contributed by atoms with Crippen LogP contribution in [0.5, 0.6) is 0 Å². The van der Waals surface area contributed by atoms with Gasteiger partial charge in [-0.15, -0.1) is 0 Å². The molecule has 0 aliphatic heterocycles. The molecule has 1 fully saturated rings. The molecule has 1 N–H and O–H groups in total. The minimum Gasteiger partial charge on any atom is -0.387 e. The summed E-state index contributed by atoms with van der Waals surface area (Å²) in [5, 5.41) is 2.95. The fraction of sp³-hybridized carbons (Fsp3) is 0.600. The van der Waals surface area contributed by atoms with Crippen molar-refractivity contribution in [2.24, 2.45) is 5.92 Å². The summed E-state index contributed by atoms with van der Waals surface area (Å²) >= 11 is 0. The fourth-order valence-electron chi connectivity index (χ4n) is 2.90. The van der Waals surface area contributed by atoms with Gasteiger partial charge in [0.1, 0.15) is 4.90 Å². The number of anilines is 1. The van der Waals surface area contributed by atoms with E-state index in [0.29, 0.717) is 23.0 Å². The van der Waals surface area contributed by atoms with E-state index in [2.05, 4.69) is 5.32 Å². The van der Waals surface area contributed by atoms with Gasteiger partial charge in [0.15, 0.2) is 0 Å². The zero-order chi connectivity index (χ0) is 14.6. The van der Waals surface area contributed by atoms with Gasteiger partial charge in [0.25, 0.3) is 0 Å². The summed E-state index contributed by atoms with van der Waals surface area (Å²) in [7, 11) is 0.0261. The van der Waals surface area contributed by atoms with Crippen LogP contribution in [-0.2, 0) is 10.0 Å². The quantitative estimate of drug-likeness (QED) is 0.909. The highest BCUT2D eigenvalue weighted by molar-refractivity contribution is 7.89. The van der Waals surface area contributed by atoms with Gasteiger partial charge in [-0.2, -0.15) is 0 Å². The van der Waals surface area contributed by atoms with Crippen molar-refractivity contribution in [2.75, 3.05) is 26.0 Å². The lowest BCUT2D eigenvalue weighted by Gasteiger charge is -2.27. The first-order valence-corrected chi connectivity index (χ1v) is 8.73. The molecule has 0 spiro atoms. The van der Waals surface area contributed by atoms with Crippen LogP contribution in [0.3, 0.4) is 0 Å². The lowest BCUT2D eigenvalue weighted by molar-refractivity contribution is 0.300. The maximum atomic E-state index is 12.7. The van der Waals surface area contributed by atoms with Crippen molar-refractivity contribution in [3.63, 3.8) is 0 Å². The van der Waals surface area contributed by atoms with Gasteiger partial charge in [-0.3, -0.25) is 0 Å². The van der Waals surface area contributed by atoms with Crippen molar-refractivity contribution in [3.05, 3.63) is 24.3 Å². The molecule has 0 radical (unpaired) electrons. The second kappa shape index (κ2) is 6.59. The van der Waals surface area contributed by atoms with Crippen LogP contribution < -0.4 is 5.32 Å². The summed E-state index contributed by atoms with van der Waals surface area (Å²) in [5.74, 6) is 0.505. The number of nitrogens with zero attached hydrogens (tertiary/aromatic N) is 1. The molecule has 0 unspecified atom stereocenters. The Morgan fingerprint density at radius 1 is 1.20 bits per heavy atom. The molecule has 0 saturated heterocycles. The van der Waals surface area contributed by atoms with Gasteiger partial charge < -0.3 is 5.32 Å². The monoisotopic (exact) mass is 296 g/mol. The van der Waals surface area contributed by atoms with Gasteiger partial charge in [0, 0.05) is 20.6 Å². The molecular formula is C15H24N2O2S. The molecule has 0 atom stereocenters. The minimum atomic E-state index is -3.41. The highest BCUT2D eigenvalue weighted by atomic mass is 32.2. The van der Waals surface area contributed by atoms with E-state index in [9.17, 15) is 8.42 Å². The molecule has 0 bridgehead atoms. The zero-order valence-electron chi connectivity index (χ0n) is 12.3. The second-order valence-electron chi connectivity index (χ2n) is 5.54. The van der Waals surface area contributed by atoms with Gasteiger partial charge in [-0.05, 0) is 30.9 Å². The fourth-order valence-corrected chi connectivity index (χ4v) is 4.34. The smallest absolute Gasteiger partial charge is 0.244 e. The summed E-state index contributed by atoms with van der Waals surface area (Å²) in [4.78, 5) is 0.362. The molecule has 1 aromatic rings. The largest absolute Gasteiger partial charge is 0.387 e. The van der Waals surface area contributed by atoms with Gasteiger partial charge in [0.05, 0.1) is 5.69 Å². The minimum absolute atomic E-state index is 0.362. The Hall–Kier alpha value is -1.07. The lowest BCUT2D eigenvalue weighted by Crippen LogP contribution is -2.33. The van der Waals surface area contributed by atoms with Crippen LogP contribution in [0.4, 0.5) is 5.69 Å². The molecule has 112 valence electrons. The van der Waals surface area contributed by atoms with E-state index >= 15 is 0 Å². The highest BCUT2D eigenvalue weighted by Gasteiger charge is 2.26. The predicted molar refractivity (Wildman–Crippen MR) is 82.4 cm³/mol. The third kappa shape index (κ3) is 3.33. The molecule has 0 aromatic heterocycles. The van der Waals surface area contributed by atoms with Crippen molar-refractivity contribution in [1.82, 2.24) is 4.31 Å². The summed E-state index contributed by atoms with van der Waals surface area (Å²) < 4.78 is 26.9. The first kappa shape index (κ1) is 15.3. The molecule has 1 aliphatic carbocycles. The van der Waals surface area contributed by atoms with Crippen LogP contribution in [0, 0.1) is 5.92 Å². The summed E-state index contributed by atoms with van der Waals surface area (Å²) in [6, 6.07) is 7.06. The highest BCUT2D eigenvalue weighted by Crippen LogP contribution is 2.28. The van der Waals surface area contributed by atoms with E-state index in [0.717, 1.165) is 12.8 Å². The predicted octanol–water partition coefficient (Wildman–Crippen LogP) is 2.93. The van der Waals surface area contributed by atoms with Crippen LogP contribution in [0.1, 0.15) is 32.1 Å². The van der Waals surface area contributed by atoms with Gasteiger partial charge in [-0.25, -0.2) is 12.7 Å². The number of hydrogen-bond acceptors (Lipinski definition) is 3.